The first-order valence-corrected chi connectivity index (χ1v) is 11.6. The Labute approximate surface area is 178 Å². The third kappa shape index (κ3) is 5.30. The third-order valence-corrected chi connectivity index (χ3v) is 6.80. The van der Waals surface area contributed by atoms with E-state index in [1.54, 1.807) is 40.2 Å². The van der Waals surface area contributed by atoms with Crippen LogP contribution in [0.25, 0.3) is 10.2 Å². The molecule has 3 rings (SSSR count). The Hall–Kier alpha value is -2.06. The van der Waals surface area contributed by atoms with E-state index in [0.717, 1.165) is 28.3 Å². The van der Waals surface area contributed by atoms with Crippen LogP contribution in [0.4, 0.5) is 0 Å². The molecule has 0 aromatic carbocycles. The van der Waals surface area contributed by atoms with Gasteiger partial charge in [-0.05, 0) is 37.0 Å². The number of aromatic nitrogens is 2. The standard InChI is InChI=1S/C21H27N3O3S2/c1-5-16-11-17-19(29-16)22-21(24(20(17)26)9-8-14(2)3)28-13-18(25)23(4)12-15-7-6-10-27-15/h6-7,10-11,14H,5,8-9,12-13H2,1-4H3. The van der Waals surface area contributed by atoms with Gasteiger partial charge in [0.25, 0.3) is 5.56 Å². The van der Waals surface area contributed by atoms with Gasteiger partial charge in [-0.15, -0.1) is 11.3 Å². The van der Waals surface area contributed by atoms with Crippen molar-refractivity contribution in [2.24, 2.45) is 5.92 Å². The zero-order valence-corrected chi connectivity index (χ0v) is 18.9. The fourth-order valence-electron chi connectivity index (χ4n) is 2.88. The molecule has 0 saturated heterocycles. The van der Waals surface area contributed by atoms with Crippen LogP contribution < -0.4 is 5.56 Å². The number of rotatable bonds is 9. The molecule has 0 spiro atoms. The van der Waals surface area contributed by atoms with Gasteiger partial charge in [0.1, 0.15) is 10.6 Å². The highest BCUT2D eigenvalue weighted by molar-refractivity contribution is 7.99. The second kappa shape index (κ2) is 9.63. The fraction of sp³-hybridized carbons (Fsp3) is 0.476. The largest absolute Gasteiger partial charge is 0.467 e. The normalized spacial score (nSPS) is 11.5. The van der Waals surface area contributed by atoms with Gasteiger partial charge in [0.2, 0.25) is 5.91 Å². The summed E-state index contributed by atoms with van der Waals surface area (Å²) >= 11 is 2.89. The number of fused-ring (bicyclic) bond motifs is 1. The zero-order valence-electron chi connectivity index (χ0n) is 17.3. The first-order chi connectivity index (χ1) is 13.9. The SMILES string of the molecule is CCc1cc2c(=O)n(CCC(C)C)c(SCC(=O)N(C)Cc3ccco3)nc2s1. The molecule has 8 heteroatoms. The van der Waals surface area contributed by atoms with Crippen molar-refractivity contribution in [2.45, 2.75) is 51.9 Å². The Kier molecular flexibility index (Phi) is 7.18. The second-order valence-corrected chi connectivity index (χ2v) is 9.49. The number of carbonyl (C=O) groups excluding carboxylic acids is 1. The Morgan fingerprint density at radius 3 is 2.86 bits per heavy atom. The van der Waals surface area contributed by atoms with Crippen molar-refractivity contribution < 1.29 is 9.21 Å². The summed E-state index contributed by atoms with van der Waals surface area (Å²) in [5.41, 5.74) is -0.00881. The van der Waals surface area contributed by atoms with Gasteiger partial charge in [-0.25, -0.2) is 4.98 Å². The first-order valence-electron chi connectivity index (χ1n) is 9.81. The van der Waals surface area contributed by atoms with E-state index in [-0.39, 0.29) is 17.2 Å². The molecule has 6 nitrogen and oxygen atoms in total. The molecular formula is C21H27N3O3S2. The van der Waals surface area contributed by atoms with Gasteiger partial charge in [0.15, 0.2) is 5.16 Å². The van der Waals surface area contributed by atoms with Gasteiger partial charge >= 0.3 is 0 Å². The Morgan fingerprint density at radius 1 is 1.41 bits per heavy atom. The average molecular weight is 434 g/mol. The van der Waals surface area contributed by atoms with Crippen LogP contribution >= 0.6 is 23.1 Å². The van der Waals surface area contributed by atoms with Gasteiger partial charge in [-0.2, -0.15) is 0 Å². The maximum Gasteiger partial charge on any atom is 0.262 e. The van der Waals surface area contributed by atoms with E-state index in [4.69, 9.17) is 9.40 Å². The summed E-state index contributed by atoms with van der Waals surface area (Å²) in [6.45, 7) is 7.37. The molecule has 0 bridgehead atoms. The molecule has 29 heavy (non-hydrogen) atoms. The Morgan fingerprint density at radius 2 is 2.21 bits per heavy atom. The minimum atomic E-state index is -0.0309. The maximum absolute atomic E-state index is 13.1. The topological polar surface area (TPSA) is 68.3 Å². The van der Waals surface area contributed by atoms with Crippen molar-refractivity contribution in [3.8, 4) is 0 Å². The highest BCUT2D eigenvalue weighted by atomic mass is 32.2. The molecule has 3 heterocycles. The van der Waals surface area contributed by atoms with Crippen LogP contribution in [0.1, 0.15) is 37.8 Å². The minimum absolute atomic E-state index is 0.00881. The van der Waals surface area contributed by atoms with Crippen LogP contribution in [0.15, 0.2) is 38.8 Å². The average Bonchev–Trinajstić information content (AvgIpc) is 3.34. The van der Waals surface area contributed by atoms with E-state index in [1.807, 2.05) is 12.1 Å². The lowest BCUT2D eigenvalue weighted by atomic mass is 10.1. The number of furan rings is 1. The predicted octanol–water partition coefficient (Wildman–Crippen LogP) is 4.41. The van der Waals surface area contributed by atoms with Crippen LogP contribution in [-0.2, 0) is 24.3 Å². The summed E-state index contributed by atoms with van der Waals surface area (Å²) in [4.78, 5) is 33.9. The number of hydrogen-bond donors (Lipinski definition) is 0. The predicted molar refractivity (Wildman–Crippen MR) is 119 cm³/mol. The Balaban J connectivity index is 1.81. The number of hydrogen-bond acceptors (Lipinski definition) is 6. The van der Waals surface area contributed by atoms with E-state index in [0.29, 0.717) is 29.6 Å². The van der Waals surface area contributed by atoms with E-state index in [2.05, 4.69) is 20.8 Å². The van der Waals surface area contributed by atoms with E-state index >= 15 is 0 Å². The molecule has 3 aromatic rings. The Bertz CT molecular complexity index is 1020. The highest BCUT2D eigenvalue weighted by Gasteiger charge is 2.17. The fourth-order valence-corrected chi connectivity index (χ4v) is 4.85. The van der Waals surface area contributed by atoms with Crippen LogP contribution in [-0.4, -0.2) is 33.2 Å². The molecular weight excluding hydrogens is 406 g/mol. The van der Waals surface area contributed by atoms with Crippen LogP contribution in [0, 0.1) is 5.92 Å². The van der Waals surface area contributed by atoms with Crippen molar-refractivity contribution in [1.29, 1.82) is 0 Å². The van der Waals surface area contributed by atoms with Gasteiger partial charge in [0.05, 0.1) is 23.9 Å². The van der Waals surface area contributed by atoms with Crippen molar-refractivity contribution in [3.63, 3.8) is 0 Å². The molecule has 0 radical (unpaired) electrons. The molecule has 0 aliphatic rings. The lowest BCUT2D eigenvalue weighted by molar-refractivity contribution is -0.127. The number of amides is 1. The van der Waals surface area contributed by atoms with Crippen LogP contribution in [0.5, 0.6) is 0 Å². The van der Waals surface area contributed by atoms with Crippen molar-refractivity contribution in [1.82, 2.24) is 14.5 Å². The number of nitrogens with zero attached hydrogens (tertiary/aromatic N) is 3. The lowest BCUT2D eigenvalue weighted by Crippen LogP contribution is -2.28. The minimum Gasteiger partial charge on any atom is -0.467 e. The molecule has 3 aromatic heterocycles. The van der Waals surface area contributed by atoms with Crippen molar-refractivity contribution in [2.75, 3.05) is 12.8 Å². The van der Waals surface area contributed by atoms with Gasteiger partial charge in [-0.3, -0.25) is 14.2 Å². The highest BCUT2D eigenvalue weighted by Crippen LogP contribution is 2.25. The number of thiophene rings is 1. The summed E-state index contributed by atoms with van der Waals surface area (Å²) < 4.78 is 7.05. The third-order valence-electron chi connectivity index (χ3n) is 4.67. The van der Waals surface area contributed by atoms with Crippen molar-refractivity contribution in [3.05, 3.63) is 45.5 Å². The number of thioether (sulfide) groups is 1. The summed E-state index contributed by atoms with van der Waals surface area (Å²) in [5, 5.41) is 1.30. The van der Waals surface area contributed by atoms with Gasteiger partial charge in [0, 0.05) is 18.5 Å². The number of carbonyl (C=O) groups is 1. The maximum atomic E-state index is 13.1. The molecule has 0 fully saturated rings. The van der Waals surface area contributed by atoms with Crippen molar-refractivity contribution >= 4 is 39.2 Å². The lowest BCUT2D eigenvalue weighted by Gasteiger charge is -2.17. The molecule has 0 unspecified atom stereocenters. The molecule has 0 saturated carbocycles. The molecule has 0 aliphatic heterocycles. The number of aryl methyl sites for hydroxylation is 1. The second-order valence-electron chi connectivity index (χ2n) is 7.44. The summed E-state index contributed by atoms with van der Waals surface area (Å²) in [6, 6.07) is 5.61. The molecule has 0 aliphatic carbocycles. The van der Waals surface area contributed by atoms with Gasteiger partial charge < -0.3 is 9.32 Å². The smallest absolute Gasteiger partial charge is 0.262 e. The molecule has 1 amide bonds. The molecule has 0 atom stereocenters. The van der Waals surface area contributed by atoms with Gasteiger partial charge in [-0.1, -0.05) is 32.5 Å². The molecule has 0 N–H and O–H groups in total. The molecule has 156 valence electrons. The summed E-state index contributed by atoms with van der Waals surface area (Å²) in [7, 11) is 1.75. The van der Waals surface area contributed by atoms with E-state index < -0.39 is 0 Å². The quantitative estimate of drug-likeness (QED) is 0.369. The summed E-state index contributed by atoms with van der Waals surface area (Å²) in [5.74, 6) is 1.41. The zero-order chi connectivity index (χ0) is 21.0. The van der Waals surface area contributed by atoms with Crippen LogP contribution in [0.3, 0.4) is 0 Å². The van der Waals surface area contributed by atoms with Crippen LogP contribution in [0.2, 0.25) is 0 Å². The first kappa shape index (κ1) is 21.6. The monoisotopic (exact) mass is 433 g/mol. The van der Waals surface area contributed by atoms with E-state index in [9.17, 15) is 9.59 Å². The van der Waals surface area contributed by atoms with E-state index in [1.165, 1.54) is 11.8 Å². The summed E-state index contributed by atoms with van der Waals surface area (Å²) in [6.07, 6.45) is 3.36.